The van der Waals surface area contributed by atoms with Crippen molar-refractivity contribution in [3.8, 4) is 67.2 Å². The van der Waals surface area contributed by atoms with Gasteiger partial charge >= 0.3 is 17.9 Å². The van der Waals surface area contributed by atoms with E-state index in [-0.39, 0.29) is 97.9 Å². The maximum atomic E-state index is 14.1. The topological polar surface area (TPSA) is 282 Å². The second kappa shape index (κ2) is 43.8. The van der Waals surface area contributed by atoms with Gasteiger partial charge in [0, 0.05) is 96.8 Å². The van der Waals surface area contributed by atoms with E-state index in [1.165, 1.54) is 50.6 Å². The molecule has 0 radical (unpaired) electrons. The number of aliphatic hydroxyl groups excluding tert-OH is 4. The number of carbonyl (C=O) groups is 6. The van der Waals surface area contributed by atoms with Gasteiger partial charge in [-0.2, -0.15) is 0 Å². The maximum Gasteiger partial charge on any atom is 0.308 e. The van der Waals surface area contributed by atoms with Crippen molar-refractivity contribution in [2.45, 2.75) is 173 Å². The minimum absolute atomic E-state index is 0.0000536. The summed E-state index contributed by atoms with van der Waals surface area (Å²) in [6.45, 7) is 13.2. The van der Waals surface area contributed by atoms with Crippen LogP contribution in [0.15, 0.2) is 255 Å². The number of carbonyl (C=O) groups excluding carboxylic acids is 5. The van der Waals surface area contributed by atoms with Crippen LogP contribution in [0.25, 0.3) is 67.2 Å². The van der Waals surface area contributed by atoms with E-state index < -0.39 is 54.5 Å². The Balaban J connectivity index is 0.000000181. The molecule has 8 N–H and O–H groups in total. The normalized spacial score (nSPS) is 14.1. The minimum Gasteiger partial charge on any atom is -0.481 e. The molecule has 12 aromatic rings. The molecule has 124 heavy (non-hydrogen) atoms. The predicted molar refractivity (Wildman–Crippen MR) is 477 cm³/mol. The third-order valence-corrected chi connectivity index (χ3v) is 21.6. The van der Waals surface area contributed by atoms with Gasteiger partial charge in [-0.05, 0) is 180 Å². The van der Waals surface area contributed by atoms with Crippen LogP contribution < -0.4 is 16.0 Å². The van der Waals surface area contributed by atoms with Crippen molar-refractivity contribution >= 4 is 52.7 Å². The Hall–Kier alpha value is -12.8. The molecule has 0 bridgehead atoms. The molecule has 0 saturated carbocycles. The molecule has 4 heterocycles. The highest BCUT2D eigenvalue weighted by Crippen LogP contribution is 2.47. The summed E-state index contributed by atoms with van der Waals surface area (Å²) in [4.78, 5) is 77.1. The molecule has 1 fully saturated rings. The molecular weight excluding hydrogens is 1580 g/mol. The summed E-state index contributed by atoms with van der Waals surface area (Å²) in [5.41, 5.74) is 15.1. The number of ether oxygens (including phenoxy) is 3. The van der Waals surface area contributed by atoms with Crippen LogP contribution in [0.4, 0.5) is 30.2 Å². The van der Waals surface area contributed by atoms with Crippen molar-refractivity contribution in [3.05, 3.63) is 306 Å². The van der Waals surface area contributed by atoms with Crippen molar-refractivity contribution in [2.24, 2.45) is 0 Å². The first kappa shape index (κ1) is 92.0. The zero-order chi connectivity index (χ0) is 88.7. The van der Waals surface area contributed by atoms with E-state index in [1.807, 2.05) is 233 Å². The van der Waals surface area contributed by atoms with Gasteiger partial charge in [-0.3, -0.25) is 28.8 Å². The summed E-state index contributed by atoms with van der Waals surface area (Å²) in [5.74, 6) is -4.08. The van der Waals surface area contributed by atoms with Crippen molar-refractivity contribution in [1.29, 1.82) is 0 Å². The van der Waals surface area contributed by atoms with E-state index in [0.717, 1.165) is 78.7 Å². The van der Waals surface area contributed by atoms with Gasteiger partial charge in [-0.1, -0.05) is 187 Å². The monoisotopic (exact) mass is 1680 g/mol. The fraction of sp³-hybridized carbons (Fsp3) is 0.287. The van der Waals surface area contributed by atoms with Gasteiger partial charge in [-0.15, -0.1) is 0 Å². The van der Waals surface area contributed by atoms with Crippen molar-refractivity contribution in [1.82, 2.24) is 13.7 Å². The molecule has 1 aliphatic rings. The van der Waals surface area contributed by atoms with E-state index >= 15 is 0 Å². The molecule has 23 heteroatoms. The number of para-hydroxylation sites is 3. The van der Waals surface area contributed by atoms with Gasteiger partial charge in [0.1, 0.15) is 23.6 Å². The Morgan fingerprint density at radius 1 is 0.427 bits per heavy atom. The number of carboxylic acids is 1. The Bertz CT molecular complexity index is 5540. The molecule has 0 aliphatic carbocycles. The number of carboxylic acid groups (broad SMARTS) is 1. The van der Waals surface area contributed by atoms with Crippen LogP contribution in [0.2, 0.25) is 0 Å². The summed E-state index contributed by atoms with van der Waals surface area (Å²) in [6.07, 6.45) is -3.55. The Morgan fingerprint density at radius 3 is 1.04 bits per heavy atom. The Kier molecular flexibility index (Phi) is 32.5. The smallest absolute Gasteiger partial charge is 0.308 e. The number of halogens is 3. The average molecular weight is 1690 g/mol. The van der Waals surface area contributed by atoms with E-state index in [2.05, 4.69) is 25.3 Å². The summed E-state index contributed by atoms with van der Waals surface area (Å²) in [6, 6.07) is 75.3. The van der Waals surface area contributed by atoms with Crippen LogP contribution in [0.1, 0.15) is 165 Å². The number of amides is 3. The predicted octanol–water partition coefficient (Wildman–Crippen LogP) is 20.2. The molecule has 646 valence electrons. The van der Waals surface area contributed by atoms with E-state index in [4.69, 9.17) is 9.47 Å². The summed E-state index contributed by atoms with van der Waals surface area (Å²) >= 11 is 0. The first-order chi connectivity index (χ1) is 59.7. The van der Waals surface area contributed by atoms with E-state index in [1.54, 1.807) is 36.4 Å². The molecule has 1 unspecified atom stereocenters. The standard InChI is InChI=1S/2C34H37FN2O5.C33H33FN2O4/c1-22(2)32-31(34(41)36-26-12-8-5-9-13-26)30(23-10-6-4-7-11-23)33(24-14-16-25(35)17-15-24)37(32)19-18-27(38)20-28(42-3)21-29(39)40;1-22(2)32-31(34(41)36-26-12-8-5-9-13-26)30(23-10-6-4-7-11-23)33(24-14-16-25(35)17-15-24)37(32)19-18-27(38)20-28(39)21-29(40)42-3;1-21(2)31-30(33(39)35-25-11-7-4-8-12-25)29(22-9-5-3-6-10-22)32(23-13-15-24(34)16-14-23)36(31)18-17-27-19-26(37)20-28(38)40-27/h4-17,22,27-28,38H,18-21H2,1-3H3,(H,36,41)(H,39,40);4-17,22,27-28,38-39H,18-21H2,1-3H3,(H,36,41);3-16,21,26-27,37H,17-20H2,1-2H3,(H,35,39)/t27-,28?;27-,28-;26-,27-/m111/s1. The van der Waals surface area contributed by atoms with Crippen molar-refractivity contribution in [2.75, 3.05) is 30.2 Å². The highest BCUT2D eigenvalue weighted by molar-refractivity contribution is 6.15. The molecule has 1 saturated heterocycles. The molecule has 13 rings (SSSR count). The number of nitrogens with zero attached hydrogens (tertiary/aromatic N) is 3. The van der Waals surface area contributed by atoms with Crippen molar-refractivity contribution < 1.29 is 81.7 Å². The SMILES string of the molecule is CC(C)c1c(C(=O)Nc2ccccc2)c(-c2ccccc2)c(-c2ccc(F)cc2)n1CC[C@@H]1C[C@@H](O)CC(=O)O1.COC(=O)C[C@H](O)C[C@H](O)CCn1c(-c2ccc(F)cc2)c(-c2ccccc2)c(C(=O)Nc2ccccc2)c1C(C)C.COC(CC(=O)O)C[C@H](O)CCn1c(-c2ccc(F)cc2)c(-c2ccccc2)c(C(=O)Nc2ccccc2)c1C(C)C. The lowest BCUT2D eigenvalue weighted by Gasteiger charge is -2.27. The third-order valence-electron chi connectivity index (χ3n) is 21.6. The number of aliphatic hydroxyl groups is 4. The van der Waals surface area contributed by atoms with Crippen LogP contribution in [-0.2, 0) is 48.2 Å². The van der Waals surface area contributed by atoms with Gasteiger partial charge in [-0.25, -0.2) is 13.2 Å². The lowest BCUT2D eigenvalue weighted by Crippen LogP contribution is -2.33. The highest BCUT2D eigenvalue weighted by Gasteiger charge is 2.36. The first-order valence-corrected chi connectivity index (χ1v) is 41.8. The number of hydrogen-bond donors (Lipinski definition) is 8. The number of aliphatic carboxylic acids is 1. The second-order valence-corrected chi connectivity index (χ2v) is 31.7. The number of methoxy groups -OCH3 is 2. The zero-order valence-corrected chi connectivity index (χ0v) is 70.8. The quantitative estimate of drug-likeness (QED) is 0.0178. The number of aromatic nitrogens is 3. The minimum atomic E-state index is -1.05. The molecule has 20 nitrogen and oxygen atoms in total. The molecular formula is C101H107F3N6O14. The number of rotatable bonds is 33. The third kappa shape index (κ3) is 23.7. The molecule has 3 amide bonds. The van der Waals surface area contributed by atoms with Crippen LogP contribution in [-0.4, -0.2) is 126 Å². The molecule has 1 aliphatic heterocycles. The van der Waals surface area contributed by atoms with Gasteiger partial charge in [0.2, 0.25) is 0 Å². The van der Waals surface area contributed by atoms with Gasteiger partial charge < -0.3 is 69.4 Å². The molecule has 6 atom stereocenters. The lowest BCUT2D eigenvalue weighted by molar-refractivity contribution is -0.160. The average Bonchev–Trinajstić information content (AvgIpc) is 1.60. The van der Waals surface area contributed by atoms with Crippen LogP contribution in [0.5, 0.6) is 0 Å². The maximum absolute atomic E-state index is 14.1. The zero-order valence-electron chi connectivity index (χ0n) is 70.8. The number of benzene rings is 9. The fourth-order valence-corrected chi connectivity index (χ4v) is 16.2. The number of cyclic esters (lactones) is 1. The van der Waals surface area contributed by atoms with Gasteiger partial charge in [0.05, 0.1) is 90.7 Å². The van der Waals surface area contributed by atoms with Crippen LogP contribution in [0, 0.1) is 17.5 Å². The number of esters is 2. The number of anilines is 3. The summed E-state index contributed by atoms with van der Waals surface area (Å²) < 4.78 is 63.7. The Labute approximate surface area is 721 Å². The Morgan fingerprint density at radius 2 is 0.742 bits per heavy atom. The van der Waals surface area contributed by atoms with Gasteiger partial charge in [0.25, 0.3) is 17.7 Å². The highest BCUT2D eigenvalue weighted by atomic mass is 19.1. The van der Waals surface area contributed by atoms with E-state index in [0.29, 0.717) is 71.8 Å². The fourth-order valence-electron chi connectivity index (χ4n) is 16.2. The van der Waals surface area contributed by atoms with Crippen LogP contribution in [0.3, 0.4) is 0 Å². The van der Waals surface area contributed by atoms with Crippen LogP contribution >= 0.6 is 0 Å². The number of nitrogens with one attached hydrogen (secondary N) is 3. The van der Waals surface area contributed by atoms with E-state index in [9.17, 15) is 67.5 Å². The summed E-state index contributed by atoms with van der Waals surface area (Å²) in [7, 11) is 2.68. The lowest BCUT2D eigenvalue weighted by atomic mass is 9.94. The first-order valence-electron chi connectivity index (χ1n) is 41.8. The molecule has 9 aromatic carbocycles. The summed E-state index contributed by atoms with van der Waals surface area (Å²) in [5, 5.41) is 60.5. The molecule has 0 spiro atoms. The number of hydrogen-bond acceptors (Lipinski definition) is 13. The largest absolute Gasteiger partial charge is 0.481 e. The molecule has 3 aromatic heterocycles. The second-order valence-electron chi connectivity index (χ2n) is 31.7. The van der Waals surface area contributed by atoms with Crippen molar-refractivity contribution in [3.63, 3.8) is 0 Å². The van der Waals surface area contributed by atoms with Gasteiger partial charge in [0.15, 0.2) is 0 Å².